The van der Waals surface area contributed by atoms with Crippen LogP contribution in [0.3, 0.4) is 0 Å². The monoisotopic (exact) mass is 239 g/mol. The molecule has 0 amide bonds. The van der Waals surface area contributed by atoms with E-state index in [1.54, 1.807) is 0 Å². The minimum atomic E-state index is -5.74. The maximum atomic E-state index is 12.1. The van der Waals surface area contributed by atoms with Gasteiger partial charge in [-0.3, -0.25) is 0 Å². The summed E-state index contributed by atoms with van der Waals surface area (Å²) < 4.78 is 72.6. The molecule has 0 aliphatic carbocycles. The summed E-state index contributed by atoms with van der Waals surface area (Å²) in [7, 11) is 1.06. The van der Waals surface area contributed by atoms with Crippen molar-refractivity contribution in [1.29, 1.82) is 0 Å². The Labute approximate surface area is 82.5 Å². The van der Waals surface area contributed by atoms with Gasteiger partial charge in [-0.05, 0) is 13.6 Å². The molecule has 0 unspecified atom stereocenters. The van der Waals surface area contributed by atoms with Crippen molar-refractivity contribution >= 4 is 0 Å². The third-order valence-corrected chi connectivity index (χ3v) is 1.98. The average molecular weight is 239 g/mol. The zero-order valence-corrected chi connectivity index (χ0v) is 8.08. The second kappa shape index (κ2) is 4.17. The number of rotatable bonds is 3. The number of likely N-dealkylation sites (N-methyl/N-ethyl adjacent to an activating group) is 1. The van der Waals surface area contributed by atoms with Crippen molar-refractivity contribution in [3.8, 4) is 0 Å². The Morgan fingerprint density at radius 3 is 1.53 bits per heavy atom. The Balaban J connectivity index is 5.06. The zero-order chi connectivity index (χ0) is 12.5. The van der Waals surface area contributed by atoms with Gasteiger partial charge in [0.15, 0.2) is 0 Å². The molecule has 0 radical (unpaired) electrons. The Hall–Kier alpha value is -0.500. The highest BCUT2D eigenvalue weighted by Crippen LogP contribution is 2.43. The van der Waals surface area contributed by atoms with Gasteiger partial charge in [0.1, 0.15) is 0 Å². The van der Waals surface area contributed by atoms with Gasteiger partial charge in [0.2, 0.25) is 0 Å². The first-order chi connectivity index (χ1) is 6.45. The van der Waals surface area contributed by atoms with Crippen LogP contribution < -0.4 is 0 Å². The quantitative estimate of drug-likeness (QED) is 0.759. The lowest BCUT2D eigenvalue weighted by Crippen LogP contribution is -2.62. The molecule has 0 fully saturated rings. The Kier molecular flexibility index (Phi) is 4.03. The van der Waals surface area contributed by atoms with Crippen molar-refractivity contribution in [2.24, 2.45) is 0 Å². The average Bonchev–Trinajstić information content (AvgIpc) is 1.99. The molecule has 0 aromatic carbocycles. The van der Waals surface area contributed by atoms with Gasteiger partial charge >= 0.3 is 12.4 Å². The van der Waals surface area contributed by atoms with Crippen LogP contribution in [0, 0.1) is 0 Å². The first kappa shape index (κ1) is 14.5. The first-order valence-corrected chi connectivity index (χ1v) is 4.00. The molecule has 0 atom stereocenters. The summed E-state index contributed by atoms with van der Waals surface area (Å²) in [5.74, 6) is 0. The molecule has 92 valence electrons. The topological polar surface area (TPSA) is 23.5 Å². The van der Waals surface area contributed by atoms with E-state index in [4.69, 9.17) is 5.11 Å². The molecule has 2 nitrogen and oxygen atoms in total. The molecular formula is C7H11F6NO. The van der Waals surface area contributed by atoms with E-state index in [-0.39, 0.29) is 6.54 Å². The highest BCUT2D eigenvalue weighted by atomic mass is 19.4. The van der Waals surface area contributed by atoms with Crippen LogP contribution in [-0.2, 0) is 0 Å². The molecule has 0 saturated carbocycles. The number of hydrogen-bond donors (Lipinski definition) is 1. The first-order valence-electron chi connectivity index (χ1n) is 4.00. The summed E-state index contributed by atoms with van der Waals surface area (Å²) in [6, 6.07) is 0. The summed E-state index contributed by atoms with van der Waals surface area (Å²) >= 11 is 0. The van der Waals surface area contributed by atoms with E-state index in [9.17, 15) is 26.3 Å². The van der Waals surface area contributed by atoms with Gasteiger partial charge in [0.05, 0.1) is 0 Å². The van der Waals surface area contributed by atoms with Crippen molar-refractivity contribution in [2.75, 3.05) is 20.1 Å². The maximum Gasteiger partial charge on any atom is 0.427 e. The third-order valence-electron chi connectivity index (χ3n) is 1.98. The standard InChI is InChI=1S/C7H11F6NO/c1-3-14(2)4-5(15,6(8,9)10)7(11,12)13/h15H,3-4H2,1-2H3. The van der Waals surface area contributed by atoms with Gasteiger partial charge in [0.25, 0.3) is 5.60 Å². The lowest BCUT2D eigenvalue weighted by atomic mass is 10.0. The highest BCUT2D eigenvalue weighted by molar-refractivity contribution is 4.95. The Morgan fingerprint density at radius 1 is 1.00 bits per heavy atom. The second-order valence-electron chi connectivity index (χ2n) is 3.19. The Bertz CT molecular complexity index is 197. The molecular weight excluding hydrogens is 228 g/mol. The minimum absolute atomic E-state index is 0.0333. The summed E-state index contributed by atoms with van der Waals surface area (Å²) in [6.45, 7) is -0.182. The number of hydrogen-bond acceptors (Lipinski definition) is 2. The third kappa shape index (κ3) is 2.97. The predicted octanol–water partition coefficient (Wildman–Crippen LogP) is 1.79. The minimum Gasteiger partial charge on any atom is -0.373 e. The predicted molar refractivity (Wildman–Crippen MR) is 40.2 cm³/mol. The smallest absolute Gasteiger partial charge is 0.373 e. The van der Waals surface area contributed by atoms with Crippen LogP contribution in [0.5, 0.6) is 0 Å². The molecule has 1 N–H and O–H groups in total. The summed E-state index contributed by atoms with van der Waals surface area (Å²) in [5.41, 5.74) is -4.68. The molecule has 0 spiro atoms. The number of aliphatic hydroxyl groups is 1. The molecule has 0 aromatic heterocycles. The number of halogens is 6. The molecule has 8 heteroatoms. The molecule has 0 heterocycles. The Morgan fingerprint density at radius 2 is 1.33 bits per heavy atom. The van der Waals surface area contributed by atoms with Gasteiger partial charge in [-0.25, -0.2) is 0 Å². The fourth-order valence-electron chi connectivity index (χ4n) is 0.842. The molecule has 15 heavy (non-hydrogen) atoms. The molecule has 0 saturated heterocycles. The van der Waals surface area contributed by atoms with Crippen LogP contribution in [0.1, 0.15) is 6.92 Å². The lowest BCUT2D eigenvalue weighted by Gasteiger charge is -2.35. The summed E-state index contributed by atoms with van der Waals surface area (Å²) in [4.78, 5) is 0.737. The van der Waals surface area contributed by atoms with Crippen LogP contribution in [0.25, 0.3) is 0 Å². The van der Waals surface area contributed by atoms with Crippen molar-refractivity contribution in [1.82, 2.24) is 4.90 Å². The van der Waals surface area contributed by atoms with Gasteiger partial charge in [-0.2, -0.15) is 26.3 Å². The van der Waals surface area contributed by atoms with Crippen LogP contribution in [0.4, 0.5) is 26.3 Å². The summed E-state index contributed by atoms with van der Waals surface area (Å²) in [6.07, 6.45) is -11.5. The highest BCUT2D eigenvalue weighted by Gasteiger charge is 2.70. The van der Waals surface area contributed by atoms with E-state index in [1.165, 1.54) is 6.92 Å². The molecule has 0 rings (SSSR count). The van der Waals surface area contributed by atoms with Crippen molar-refractivity contribution in [3.05, 3.63) is 0 Å². The van der Waals surface area contributed by atoms with Gasteiger partial charge < -0.3 is 10.0 Å². The fourth-order valence-corrected chi connectivity index (χ4v) is 0.842. The van der Waals surface area contributed by atoms with E-state index in [2.05, 4.69) is 0 Å². The van der Waals surface area contributed by atoms with Crippen molar-refractivity contribution in [3.63, 3.8) is 0 Å². The maximum absolute atomic E-state index is 12.1. The van der Waals surface area contributed by atoms with Crippen LogP contribution in [-0.4, -0.2) is 48.1 Å². The van der Waals surface area contributed by atoms with Gasteiger partial charge in [-0.15, -0.1) is 0 Å². The van der Waals surface area contributed by atoms with Gasteiger partial charge in [-0.1, -0.05) is 6.92 Å². The molecule has 0 aromatic rings. The van der Waals surface area contributed by atoms with Crippen molar-refractivity contribution < 1.29 is 31.4 Å². The second-order valence-corrected chi connectivity index (χ2v) is 3.19. The number of nitrogens with zero attached hydrogens (tertiary/aromatic N) is 1. The lowest BCUT2D eigenvalue weighted by molar-refractivity contribution is -0.370. The number of alkyl halides is 6. The van der Waals surface area contributed by atoms with E-state index in [0.29, 0.717) is 0 Å². The fraction of sp³-hybridized carbons (Fsp3) is 1.00. The van der Waals surface area contributed by atoms with Crippen molar-refractivity contribution in [2.45, 2.75) is 24.9 Å². The molecule has 0 bridgehead atoms. The van der Waals surface area contributed by atoms with Crippen LogP contribution >= 0.6 is 0 Å². The SMILES string of the molecule is CCN(C)CC(O)(C(F)(F)F)C(F)(F)F. The van der Waals surface area contributed by atoms with Crippen LogP contribution in [0.2, 0.25) is 0 Å². The van der Waals surface area contributed by atoms with E-state index >= 15 is 0 Å². The molecule has 0 aliphatic heterocycles. The van der Waals surface area contributed by atoms with E-state index in [1.807, 2.05) is 0 Å². The normalized spacial score (nSPS) is 14.8. The van der Waals surface area contributed by atoms with E-state index < -0.39 is 24.5 Å². The molecule has 0 aliphatic rings. The van der Waals surface area contributed by atoms with E-state index in [0.717, 1.165) is 11.9 Å². The summed E-state index contributed by atoms with van der Waals surface area (Å²) in [5, 5.41) is 8.69. The zero-order valence-electron chi connectivity index (χ0n) is 8.08. The largest absolute Gasteiger partial charge is 0.427 e. The van der Waals surface area contributed by atoms with Crippen LogP contribution in [0.15, 0.2) is 0 Å². The van der Waals surface area contributed by atoms with Gasteiger partial charge in [0, 0.05) is 6.54 Å².